The number of amides is 1. The lowest BCUT2D eigenvalue weighted by Crippen LogP contribution is -2.31. The van der Waals surface area contributed by atoms with Gasteiger partial charge in [0.05, 0.1) is 23.5 Å². The van der Waals surface area contributed by atoms with Gasteiger partial charge in [0.15, 0.2) is 0 Å². The molecule has 0 aromatic carbocycles. The highest BCUT2D eigenvalue weighted by atomic mass is 16.2. The molecule has 1 aliphatic heterocycles. The fourth-order valence-corrected chi connectivity index (χ4v) is 3.03. The minimum Gasteiger partial charge on any atom is -0.330 e. The van der Waals surface area contributed by atoms with Crippen LogP contribution in [0.1, 0.15) is 34.9 Å². The molecule has 0 aliphatic carbocycles. The Hall–Kier alpha value is -3.09. The van der Waals surface area contributed by atoms with Gasteiger partial charge in [-0.05, 0) is 25.0 Å². The molecule has 1 fully saturated rings. The SMILES string of the molecule is O=C(c1ccc(-n2ccnc2)nc1)N1CCCC1c1cnccn1. The zero-order valence-corrected chi connectivity index (χ0v) is 13.0. The Bertz CT molecular complexity index is 816. The molecule has 1 aliphatic rings. The van der Waals surface area contributed by atoms with Gasteiger partial charge in [0, 0.05) is 37.5 Å². The zero-order valence-electron chi connectivity index (χ0n) is 13.0. The Morgan fingerprint density at radius 1 is 1.08 bits per heavy atom. The van der Waals surface area contributed by atoms with Gasteiger partial charge in [0.1, 0.15) is 12.1 Å². The van der Waals surface area contributed by atoms with Crippen molar-refractivity contribution >= 4 is 5.91 Å². The summed E-state index contributed by atoms with van der Waals surface area (Å²) in [6, 6.07) is 3.61. The largest absolute Gasteiger partial charge is 0.330 e. The first-order valence-corrected chi connectivity index (χ1v) is 7.84. The Labute approximate surface area is 139 Å². The summed E-state index contributed by atoms with van der Waals surface area (Å²) in [5, 5.41) is 0. The molecule has 1 unspecified atom stereocenters. The number of pyridine rings is 1. The lowest BCUT2D eigenvalue weighted by atomic mass is 10.1. The quantitative estimate of drug-likeness (QED) is 0.738. The van der Waals surface area contributed by atoms with Gasteiger partial charge >= 0.3 is 0 Å². The second-order valence-electron chi connectivity index (χ2n) is 5.66. The van der Waals surface area contributed by atoms with Crippen molar-refractivity contribution in [1.29, 1.82) is 0 Å². The summed E-state index contributed by atoms with van der Waals surface area (Å²) in [7, 11) is 0. The monoisotopic (exact) mass is 320 g/mol. The number of nitrogens with zero attached hydrogens (tertiary/aromatic N) is 6. The molecule has 0 saturated carbocycles. The Morgan fingerprint density at radius 2 is 2.04 bits per heavy atom. The van der Waals surface area contributed by atoms with Crippen molar-refractivity contribution in [2.24, 2.45) is 0 Å². The van der Waals surface area contributed by atoms with Crippen LogP contribution in [0.15, 0.2) is 55.6 Å². The van der Waals surface area contributed by atoms with Gasteiger partial charge < -0.3 is 4.90 Å². The molecule has 24 heavy (non-hydrogen) atoms. The molecule has 7 nitrogen and oxygen atoms in total. The second kappa shape index (κ2) is 6.19. The van der Waals surface area contributed by atoms with Crippen molar-refractivity contribution in [3.8, 4) is 5.82 Å². The Kier molecular flexibility index (Phi) is 3.74. The molecule has 120 valence electrons. The number of carbonyl (C=O) groups is 1. The van der Waals surface area contributed by atoms with E-state index in [2.05, 4.69) is 19.9 Å². The third-order valence-corrected chi connectivity index (χ3v) is 4.20. The Morgan fingerprint density at radius 3 is 2.75 bits per heavy atom. The van der Waals surface area contributed by atoms with Gasteiger partial charge in [-0.15, -0.1) is 0 Å². The van der Waals surface area contributed by atoms with Crippen LogP contribution in [-0.2, 0) is 0 Å². The molecule has 7 heteroatoms. The van der Waals surface area contributed by atoms with Crippen LogP contribution in [0.4, 0.5) is 0 Å². The van der Waals surface area contributed by atoms with Crippen molar-refractivity contribution in [2.75, 3.05) is 6.54 Å². The normalized spacial score (nSPS) is 17.2. The summed E-state index contributed by atoms with van der Waals surface area (Å²) in [6.45, 7) is 0.726. The van der Waals surface area contributed by atoms with Gasteiger partial charge in [-0.2, -0.15) is 0 Å². The summed E-state index contributed by atoms with van der Waals surface area (Å²) in [5.41, 5.74) is 1.42. The fraction of sp³-hybridized carbons (Fsp3) is 0.235. The lowest BCUT2D eigenvalue weighted by Gasteiger charge is -2.24. The average Bonchev–Trinajstić information content (AvgIpc) is 3.34. The molecule has 0 spiro atoms. The molecule has 3 aromatic rings. The van der Waals surface area contributed by atoms with Crippen LogP contribution in [0.3, 0.4) is 0 Å². The highest BCUT2D eigenvalue weighted by Gasteiger charge is 2.31. The summed E-state index contributed by atoms with van der Waals surface area (Å²) in [5.74, 6) is 0.712. The Balaban J connectivity index is 1.56. The summed E-state index contributed by atoms with van der Waals surface area (Å²) >= 11 is 0. The average molecular weight is 320 g/mol. The van der Waals surface area contributed by atoms with Gasteiger partial charge in [-0.3, -0.25) is 19.3 Å². The molecule has 0 N–H and O–H groups in total. The highest BCUT2D eigenvalue weighted by molar-refractivity contribution is 5.94. The topological polar surface area (TPSA) is 76.8 Å². The van der Waals surface area contributed by atoms with Crippen LogP contribution in [0.2, 0.25) is 0 Å². The molecule has 1 atom stereocenters. The maximum Gasteiger partial charge on any atom is 0.255 e. The van der Waals surface area contributed by atoms with E-state index in [1.165, 1.54) is 0 Å². The third kappa shape index (κ3) is 2.64. The van der Waals surface area contributed by atoms with E-state index in [-0.39, 0.29) is 11.9 Å². The predicted octanol–water partition coefficient (Wildman–Crippen LogP) is 2.03. The van der Waals surface area contributed by atoms with E-state index >= 15 is 0 Å². The molecular formula is C17H16N6O. The van der Waals surface area contributed by atoms with E-state index in [4.69, 9.17) is 0 Å². The van der Waals surface area contributed by atoms with Crippen molar-refractivity contribution < 1.29 is 4.79 Å². The van der Waals surface area contributed by atoms with Gasteiger partial charge in [-0.25, -0.2) is 9.97 Å². The number of rotatable bonds is 3. The second-order valence-corrected chi connectivity index (χ2v) is 5.66. The molecule has 1 amide bonds. The third-order valence-electron chi connectivity index (χ3n) is 4.20. The number of aromatic nitrogens is 5. The van der Waals surface area contributed by atoms with E-state index in [1.807, 2.05) is 17.2 Å². The van der Waals surface area contributed by atoms with Crippen molar-refractivity contribution in [2.45, 2.75) is 18.9 Å². The number of carbonyl (C=O) groups excluding carboxylic acids is 1. The first-order valence-electron chi connectivity index (χ1n) is 7.84. The molecular weight excluding hydrogens is 304 g/mol. The minimum absolute atomic E-state index is 0.0143. The van der Waals surface area contributed by atoms with Gasteiger partial charge in [0.2, 0.25) is 0 Å². The number of hydrogen-bond acceptors (Lipinski definition) is 5. The number of imidazole rings is 1. The zero-order chi connectivity index (χ0) is 16.4. The van der Waals surface area contributed by atoms with E-state index < -0.39 is 0 Å². The fourth-order valence-electron chi connectivity index (χ4n) is 3.03. The standard InChI is InChI=1S/C17H16N6O/c24-17(13-3-4-16(21-10-13)22-9-7-19-12-22)23-8-1-2-15(23)14-11-18-5-6-20-14/h3-7,9-12,15H,1-2,8H2. The summed E-state index contributed by atoms with van der Waals surface area (Å²) in [4.78, 5) is 31.5. The molecule has 0 bridgehead atoms. The first-order chi connectivity index (χ1) is 11.8. The predicted molar refractivity (Wildman–Crippen MR) is 86.4 cm³/mol. The molecule has 4 heterocycles. The van der Waals surface area contributed by atoms with E-state index in [0.717, 1.165) is 30.9 Å². The smallest absolute Gasteiger partial charge is 0.255 e. The maximum atomic E-state index is 12.8. The van der Waals surface area contributed by atoms with Crippen LogP contribution in [0, 0.1) is 0 Å². The van der Waals surface area contributed by atoms with Crippen molar-refractivity contribution in [3.05, 3.63) is 66.9 Å². The molecule has 0 radical (unpaired) electrons. The number of likely N-dealkylation sites (tertiary alicyclic amines) is 1. The van der Waals surface area contributed by atoms with Gasteiger partial charge in [0.25, 0.3) is 5.91 Å². The van der Waals surface area contributed by atoms with E-state index in [0.29, 0.717) is 5.56 Å². The first kappa shape index (κ1) is 14.5. The molecule has 3 aromatic heterocycles. The maximum absolute atomic E-state index is 12.8. The molecule has 4 rings (SSSR count). The van der Waals surface area contributed by atoms with E-state index in [9.17, 15) is 4.79 Å². The van der Waals surface area contributed by atoms with Crippen LogP contribution < -0.4 is 0 Å². The van der Waals surface area contributed by atoms with Crippen LogP contribution in [-0.4, -0.2) is 41.9 Å². The summed E-state index contributed by atoms with van der Waals surface area (Å²) < 4.78 is 1.80. The van der Waals surface area contributed by atoms with Crippen LogP contribution in [0.5, 0.6) is 0 Å². The van der Waals surface area contributed by atoms with Crippen LogP contribution >= 0.6 is 0 Å². The van der Waals surface area contributed by atoms with Crippen LogP contribution in [0.25, 0.3) is 5.82 Å². The highest BCUT2D eigenvalue weighted by Crippen LogP contribution is 2.31. The van der Waals surface area contributed by atoms with Crippen molar-refractivity contribution in [3.63, 3.8) is 0 Å². The van der Waals surface area contributed by atoms with Gasteiger partial charge in [-0.1, -0.05) is 0 Å². The van der Waals surface area contributed by atoms with Crippen molar-refractivity contribution in [1.82, 2.24) is 29.4 Å². The molecule has 1 saturated heterocycles. The minimum atomic E-state index is -0.0205. The number of hydrogen-bond donors (Lipinski definition) is 0. The summed E-state index contributed by atoms with van der Waals surface area (Å²) in [6.07, 6.45) is 13.7. The lowest BCUT2D eigenvalue weighted by molar-refractivity contribution is 0.0732. The van der Waals surface area contributed by atoms with E-state index in [1.54, 1.807) is 47.9 Å².